The third kappa shape index (κ3) is 2.86. The fraction of sp³-hybridized carbons (Fsp3) is 0.545. The smallest absolute Gasteiger partial charge is 0.242 e. The van der Waals surface area contributed by atoms with Gasteiger partial charge >= 0.3 is 0 Å². The van der Waals surface area contributed by atoms with Crippen LogP contribution >= 0.6 is 0 Å². The van der Waals surface area contributed by atoms with Gasteiger partial charge in [0.1, 0.15) is 6.54 Å². The summed E-state index contributed by atoms with van der Waals surface area (Å²) in [5.41, 5.74) is 2.16. The highest BCUT2D eigenvalue weighted by Gasteiger charge is 2.26. The number of aromatic nitrogens is 2. The van der Waals surface area contributed by atoms with E-state index < -0.39 is 0 Å². The predicted octanol–water partition coefficient (Wildman–Crippen LogP) is -0.888. The number of nitrogens with one attached hydrogen (secondary N) is 1. The quantitative estimate of drug-likeness (QED) is 0.414. The van der Waals surface area contributed by atoms with Crippen molar-refractivity contribution in [3.63, 3.8) is 0 Å². The highest BCUT2D eigenvalue weighted by Crippen LogP contribution is 2.17. The van der Waals surface area contributed by atoms with E-state index in [4.69, 9.17) is 5.84 Å². The van der Waals surface area contributed by atoms with Gasteiger partial charge in [0.2, 0.25) is 11.8 Å². The van der Waals surface area contributed by atoms with Crippen LogP contribution in [0.25, 0.3) is 0 Å². The summed E-state index contributed by atoms with van der Waals surface area (Å²) in [4.78, 5) is 29.0. The Morgan fingerprint density at radius 2 is 2.11 bits per heavy atom. The zero-order valence-corrected chi connectivity index (χ0v) is 10.1. The molecule has 3 N–H and O–H groups in total. The molecule has 2 rings (SSSR count). The molecular formula is C11H17N5O2. The topological polar surface area (TPSA) is 93.3 Å². The Morgan fingerprint density at radius 3 is 2.67 bits per heavy atom. The summed E-state index contributed by atoms with van der Waals surface area (Å²) in [6.45, 7) is 1.50. The molecule has 0 saturated carbocycles. The third-order valence-electron chi connectivity index (χ3n) is 3.24. The number of likely N-dealkylation sites (tertiary alicyclic amines) is 1. The first-order chi connectivity index (χ1) is 8.70. The molecule has 0 atom stereocenters. The lowest BCUT2D eigenvalue weighted by Gasteiger charge is -2.31. The van der Waals surface area contributed by atoms with Crippen molar-refractivity contribution in [3.05, 3.63) is 18.7 Å². The van der Waals surface area contributed by atoms with Crippen LogP contribution in [0.1, 0.15) is 12.8 Å². The van der Waals surface area contributed by atoms with Gasteiger partial charge < -0.3 is 9.47 Å². The maximum atomic E-state index is 12.0. The van der Waals surface area contributed by atoms with E-state index in [0.717, 1.165) is 0 Å². The molecule has 1 aromatic rings. The Morgan fingerprint density at radius 1 is 1.39 bits per heavy atom. The zero-order valence-electron chi connectivity index (χ0n) is 10.1. The normalized spacial score (nSPS) is 16.6. The summed E-state index contributed by atoms with van der Waals surface area (Å²) in [5, 5.41) is 0. The second kappa shape index (κ2) is 5.63. The maximum Gasteiger partial charge on any atom is 0.242 e. The molecule has 18 heavy (non-hydrogen) atoms. The van der Waals surface area contributed by atoms with Gasteiger partial charge in [0.15, 0.2) is 0 Å². The number of nitrogens with zero attached hydrogens (tertiary/aromatic N) is 3. The van der Waals surface area contributed by atoms with Gasteiger partial charge in [0, 0.05) is 31.4 Å². The highest BCUT2D eigenvalue weighted by atomic mass is 16.2. The van der Waals surface area contributed by atoms with Gasteiger partial charge in [0.05, 0.1) is 6.33 Å². The largest absolute Gasteiger partial charge is 0.341 e. The molecule has 0 spiro atoms. The number of imidazole rings is 1. The maximum absolute atomic E-state index is 12.0. The molecule has 0 bridgehead atoms. The highest BCUT2D eigenvalue weighted by molar-refractivity contribution is 5.79. The van der Waals surface area contributed by atoms with Crippen molar-refractivity contribution in [2.45, 2.75) is 19.4 Å². The number of carbonyl (C=O) groups excluding carboxylic acids is 2. The number of piperidine rings is 1. The Balaban J connectivity index is 1.82. The van der Waals surface area contributed by atoms with Crippen LogP contribution in [0, 0.1) is 5.92 Å². The van der Waals surface area contributed by atoms with Crippen LogP contribution < -0.4 is 11.3 Å². The van der Waals surface area contributed by atoms with Crippen LogP contribution in [0.3, 0.4) is 0 Å². The van der Waals surface area contributed by atoms with E-state index >= 15 is 0 Å². The van der Waals surface area contributed by atoms with Crippen LogP contribution in [0.5, 0.6) is 0 Å². The van der Waals surface area contributed by atoms with Crippen molar-refractivity contribution >= 4 is 11.8 Å². The standard InChI is InChI=1S/C11H17N5O2/c12-14-11(18)9-1-4-16(5-2-9)10(17)7-15-6-3-13-8-15/h3,6,8-9H,1-2,4-5,7,12H2,(H,14,18). The fourth-order valence-electron chi connectivity index (χ4n) is 2.15. The van der Waals surface area contributed by atoms with Gasteiger partial charge in [-0.1, -0.05) is 0 Å². The zero-order chi connectivity index (χ0) is 13.0. The molecule has 0 radical (unpaired) electrons. The minimum Gasteiger partial charge on any atom is -0.341 e. The molecule has 7 nitrogen and oxygen atoms in total. The van der Waals surface area contributed by atoms with Crippen molar-refractivity contribution in [3.8, 4) is 0 Å². The molecule has 0 aromatic carbocycles. The van der Waals surface area contributed by atoms with Crippen LogP contribution in [-0.4, -0.2) is 39.4 Å². The Hall–Kier alpha value is -1.89. The van der Waals surface area contributed by atoms with Gasteiger partial charge in [-0.05, 0) is 12.8 Å². The van der Waals surface area contributed by atoms with E-state index in [1.54, 1.807) is 28.2 Å². The summed E-state index contributed by atoms with van der Waals surface area (Å²) in [6.07, 6.45) is 6.35. The molecule has 2 heterocycles. The van der Waals surface area contributed by atoms with Crippen LogP contribution in [0.15, 0.2) is 18.7 Å². The minimum absolute atomic E-state index is 0.0552. The van der Waals surface area contributed by atoms with Gasteiger partial charge in [0.25, 0.3) is 0 Å². The molecule has 7 heteroatoms. The summed E-state index contributed by atoms with van der Waals surface area (Å²) in [5.74, 6) is 4.93. The lowest BCUT2D eigenvalue weighted by atomic mass is 9.96. The molecule has 1 fully saturated rings. The first kappa shape index (κ1) is 12.6. The van der Waals surface area contributed by atoms with Crippen LogP contribution in [-0.2, 0) is 16.1 Å². The van der Waals surface area contributed by atoms with Gasteiger partial charge in [-0.25, -0.2) is 10.8 Å². The van der Waals surface area contributed by atoms with Gasteiger partial charge in [-0.3, -0.25) is 15.0 Å². The molecule has 1 aliphatic rings. The number of amides is 2. The number of nitrogens with two attached hydrogens (primary N) is 1. The summed E-state index contributed by atoms with van der Waals surface area (Å²) >= 11 is 0. The molecule has 0 aliphatic carbocycles. The van der Waals surface area contributed by atoms with Crippen molar-refractivity contribution in [2.24, 2.45) is 11.8 Å². The number of hydrogen-bond donors (Lipinski definition) is 2. The van der Waals surface area contributed by atoms with E-state index in [2.05, 4.69) is 10.4 Å². The van der Waals surface area contributed by atoms with Crippen molar-refractivity contribution in [1.82, 2.24) is 19.9 Å². The molecule has 1 saturated heterocycles. The fourth-order valence-corrected chi connectivity index (χ4v) is 2.15. The van der Waals surface area contributed by atoms with E-state index in [1.807, 2.05) is 0 Å². The molecular weight excluding hydrogens is 234 g/mol. The van der Waals surface area contributed by atoms with Crippen molar-refractivity contribution in [1.29, 1.82) is 0 Å². The molecule has 98 valence electrons. The third-order valence-corrected chi connectivity index (χ3v) is 3.24. The first-order valence-electron chi connectivity index (χ1n) is 5.94. The minimum atomic E-state index is -0.142. The number of carbonyl (C=O) groups is 2. The second-order valence-electron chi connectivity index (χ2n) is 4.40. The van der Waals surface area contributed by atoms with E-state index in [1.165, 1.54) is 0 Å². The summed E-state index contributed by atoms with van der Waals surface area (Å²) < 4.78 is 1.74. The molecule has 2 amide bonds. The Kier molecular flexibility index (Phi) is 3.93. The average Bonchev–Trinajstić information content (AvgIpc) is 2.91. The van der Waals surface area contributed by atoms with E-state index in [0.29, 0.717) is 32.5 Å². The van der Waals surface area contributed by atoms with Crippen molar-refractivity contribution < 1.29 is 9.59 Å². The Bertz CT molecular complexity index is 409. The van der Waals surface area contributed by atoms with E-state index in [9.17, 15) is 9.59 Å². The predicted molar refractivity (Wildman–Crippen MR) is 63.9 cm³/mol. The molecule has 0 unspecified atom stereocenters. The Labute approximate surface area is 105 Å². The summed E-state index contributed by atoms with van der Waals surface area (Å²) in [7, 11) is 0. The molecule has 1 aliphatic heterocycles. The lowest BCUT2D eigenvalue weighted by Crippen LogP contribution is -2.45. The first-order valence-corrected chi connectivity index (χ1v) is 5.94. The lowest BCUT2D eigenvalue weighted by molar-refractivity contribution is -0.136. The average molecular weight is 251 g/mol. The summed E-state index contributed by atoms with van der Waals surface area (Å²) in [6, 6.07) is 0. The van der Waals surface area contributed by atoms with Gasteiger partial charge in [-0.15, -0.1) is 0 Å². The van der Waals surface area contributed by atoms with Gasteiger partial charge in [-0.2, -0.15) is 0 Å². The number of hydrogen-bond acceptors (Lipinski definition) is 4. The number of rotatable bonds is 3. The van der Waals surface area contributed by atoms with E-state index in [-0.39, 0.29) is 17.7 Å². The molecule has 1 aromatic heterocycles. The monoisotopic (exact) mass is 251 g/mol. The van der Waals surface area contributed by atoms with Crippen LogP contribution in [0.2, 0.25) is 0 Å². The second-order valence-corrected chi connectivity index (χ2v) is 4.40. The van der Waals surface area contributed by atoms with Crippen molar-refractivity contribution in [2.75, 3.05) is 13.1 Å². The van der Waals surface area contributed by atoms with Crippen LogP contribution in [0.4, 0.5) is 0 Å². The number of hydrazine groups is 1. The SMILES string of the molecule is NNC(=O)C1CCN(C(=O)Cn2ccnc2)CC1.